The molecular weight excluding hydrogens is 589 g/mol. The van der Waals surface area contributed by atoms with Gasteiger partial charge in [0.2, 0.25) is 11.8 Å². The van der Waals surface area contributed by atoms with Gasteiger partial charge in [-0.2, -0.15) is 0 Å². The van der Waals surface area contributed by atoms with Crippen molar-refractivity contribution in [3.05, 3.63) is 69.7 Å². The Labute approximate surface area is 264 Å². The van der Waals surface area contributed by atoms with Crippen LogP contribution in [0.5, 0.6) is 0 Å². The Morgan fingerprint density at radius 1 is 1.09 bits per heavy atom. The minimum absolute atomic E-state index is 0.0994. The number of nitrogens with zero attached hydrogens (tertiary/aromatic N) is 2. The molecule has 0 radical (unpaired) electrons. The van der Waals surface area contributed by atoms with Crippen LogP contribution in [0.1, 0.15) is 57.6 Å². The lowest BCUT2D eigenvalue weighted by atomic mass is 10.0. The third kappa shape index (κ3) is 9.08. The first kappa shape index (κ1) is 33.1. The molecule has 2 heterocycles. The number of hydrogen-bond donors (Lipinski definition) is 3. The number of benzene rings is 2. The summed E-state index contributed by atoms with van der Waals surface area (Å²) in [5.41, 5.74) is 7.36. The molecule has 2 saturated heterocycles. The molecule has 0 aliphatic carbocycles. The van der Waals surface area contributed by atoms with Crippen molar-refractivity contribution in [2.75, 3.05) is 19.6 Å². The Bertz CT molecular complexity index is 1270. The summed E-state index contributed by atoms with van der Waals surface area (Å²) < 4.78 is 5.49. The van der Waals surface area contributed by atoms with E-state index < -0.39 is 23.8 Å². The molecule has 4 atom stereocenters. The lowest BCUT2D eigenvalue weighted by Crippen LogP contribution is -2.53. The molecule has 2 aromatic carbocycles. The number of aryl methyl sites for hydroxylation is 1. The van der Waals surface area contributed by atoms with Gasteiger partial charge < -0.3 is 26.0 Å². The van der Waals surface area contributed by atoms with E-state index in [1.54, 1.807) is 23.1 Å². The molecule has 0 saturated carbocycles. The van der Waals surface area contributed by atoms with Gasteiger partial charge in [0.05, 0.1) is 16.1 Å². The average molecular weight is 633 g/mol. The smallest absolute Gasteiger partial charge is 0.407 e. The van der Waals surface area contributed by atoms with Gasteiger partial charge in [0, 0.05) is 31.7 Å². The number of rotatable bonds is 10. The highest BCUT2D eigenvalue weighted by Crippen LogP contribution is 2.31. The van der Waals surface area contributed by atoms with Gasteiger partial charge in [-0.3, -0.25) is 14.5 Å². The van der Waals surface area contributed by atoms with Crippen molar-refractivity contribution in [1.29, 1.82) is 0 Å². The van der Waals surface area contributed by atoms with Crippen molar-refractivity contribution in [3.63, 3.8) is 0 Å². The van der Waals surface area contributed by atoms with Gasteiger partial charge in [0.15, 0.2) is 0 Å². The molecule has 1 unspecified atom stereocenters. The van der Waals surface area contributed by atoms with Crippen LogP contribution in [0.2, 0.25) is 10.0 Å². The normalized spacial score (nSPS) is 21.6. The monoisotopic (exact) mass is 631 g/mol. The number of ether oxygens (including phenoxy) is 1. The summed E-state index contributed by atoms with van der Waals surface area (Å²) in [4.78, 5) is 44.2. The standard InChI is InChI=1S/C32H43Cl2N5O4/c1-32(2,3)43-31(42)37-23-18-28-30(41)38(16-14-24(39(28)20-23)11-9-21-7-5-4-6-8-21)27(13-15-35)29(40)36-19-22-10-12-25(33)26(34)17-22/h4-8,10,12,17,23-24,27-28H,9,11,13-16,18-20,35H2,1-3H3,(H,36,40)(H,37,42)/t23-,24?,27-,28+/m1/s1. The Hall–Kier alpha value is -2.85. The summed E-state index contributed by atoms with van der Waals surface area (Å²) in [7, 11) is 0. The van der Waals surface area contributed by atoms with Crippen molar-refractivity contribution in [1.82, 2.24) is 20.4 Å². The predicted octanol–water partition coefficient (Wildman–Crippen LogP) is 4.53. The van der Waals surface area contributed by atoms with Gasteiger partial charge in [-0.05, 0) is 82.7 Å². The summed E-state index contributed by atoms with van der Waals surface area (Å²) in [6.07, 6.45) is 2.70. The summed E-state index contributed by atoms with van der Waals surface area (Å²) in [5, 5.41) is 6.79. The maximum absolute atomic E-state index is 14.2. The summed E-state index contributed by atoms with van der Waals surface area (Å²) >= 11 is 12.2. The van der Waals surface area contributed by atoms with Gasteiger partial charge in [-0.1, -0.05) is 59.6 Å². The first-order valence-corrected chi connectivity index (χ1v) is 15.7. The average Bonchev–Trinajstić information content (AvgIpc) is 3.32. The van der Waals surface area contributed by atoms with Crippen LogP contribution in [-0.2, 0) is 27.3 Å². The van der Waals surface area contributed by atoms with Crippen molar-refractivity contribution >= 4 is 41.1 Å². The molecule has 2 aliphatic rings. The Morgan fingerprint density at radius 2 is 1.84 bits per heavy atom. The lowest BCUT2D eigenvalue weighted by Gasteiger charge is -2.32. The van der Waals surface area contributed by atoms with Crippen LogP contribution in [0.15, 0.2) is 48.5 Å². The molecular formula is C32H43Cl2N5O4. The molecule has 0 spiro atoms. The third-order valence-corrected chi connectivity index (χ3v) is 8.72. The molecule has 9 nitrogen and oxygen atoms in total. The van der Waals surface area contributed by atoms with E-state index in [4.69, 9.17) is 33.7 Å². The molecule has 0 bridgehead atoms. The predicted molar refractivity (Wildman–Crippen MR) is 169 cm³/mol. The number of hydrogen-bond acceptors (Lipinski definition) is 6. The van der Waals surface area contributed by atoms with Crippen LogP contribution in [0.3, 0.4) is 0 Å². The molecule has 2 fully saturated rings. The number of carbonyl (C=O) groups is 3. The van der Waals surface area contributed by atoms with Crippen LogP contribution in [0.25, 0.3) is 0 Å². The minimum Gasteiger partial charge on any atom is -0.444 e. The third-order valence-electron chi connectivity index (χ3n) is 7.98. The van der Waals surface area contributed by atoms with Gasteiger partial charge in [-0.25, -0.2) is 4.79 Å². The van der Waals surface area contributed by atoms with Gasteiger partial charge in [0.1, 0.15) is 11.6 Å². The zero-order valence-corrected chi connectivity index (χ0v) is 26.7. The number of nitrogens with two attached hydrogens (primary N) is 1. The van der Waals surface area contributed by atoms with Gasteiger partial charge in [0.25, 0.3) is 0 Å². The Morgan fingerprint density at radius 3 is 2.51 bits per heavy atom. The second kappa shape index (κ2) is 14.8. The van der Waals surface area contributed by atoms with Crippen LogP contribution in [0, 0.1) is 0 Å². The van der Waals surface area contributed by atoms with Gasteiger partial charge >= 0.3 is 6.09 Å². The first-order chi connectivity index (χ1) is 20.4. The van der Waals surface area contributed by atoms with Crippen molar-refractivity contribution in [3.8, 4) is 0 Å². The number of nitrogens with one attached hydrogen (secondary N) is 2. The highest BCUT2D eigenvalue weighted by atomic mass is 35.5. The molecule has 3 amide bonds. The van der Waals surface area contributed by atoms with E-state index in [2.05, 4.69) is 27.7 Å². The topological polar surface area (TPSA) is 117 Å². The second-order valence-corrected chi connectivity index (χ2v) is 13.2. The van der Waals surface area contributed by atoms with Crippen LogP contribution in [-0.4, -0.2) is 77.1 Å². The number of halogens is 2. The fraction of sp³-hybridized carbons (Fsp3) is 0.531. The quantitative estimate of drug-likeness (QED) is 0.355. The zero-order valence-electron chi connectivity index (χ0n) is 25.2. The summed E-state index contributed by atoms with van der Waals surface area (Å²) in [6.45, 7) is 6.94. The Balaban J connectivity index is 1.52. The summed E-state index contributed by atoms with van der Waals surface area (Å²) in [6, 6.07) is 14.1. The summed E-state index contributed by atoms with van der Waals surface area (Å²) in [5.74, 6) is -0.376. The zero-order chi connectivity index (χ0) is 31.1. The van der Waals surface area contributed by atoms with Crippen molar-refractivity contribution < 1.29 is 19.1 Å². The van der Waals surface area contributed by atoms with Crippen molar-refractivity contribution in [2.24, 2.45) is 5.73 Å². The fourth-order valence-corrected chi connectivity index (χ4v) is 6.30. The van der Waals surface area contributed by atoms with E-state index in [1.165, 1.54) is 5.56 Å². The number of carbonyl (C=O) groups excluding carboxylic acids is 3. The number of fused-ring (bicyclic) bond motifs is 1. The largest absolute Gasteiger partial charge is 0.444 e. The molecule has 4 rings (SSSR count). The highest BCUT2D eigenvalue weighted by Gasteiger charge is 2.46. The highest BCUT2D eigenvalue weighted by molar-refractivity contribution is 6.42. The maximum Gasteiger partial charge on any atom is 0.407 e. The second-order valence-electron chi connectivity index (χ2n) is 12.3. The fourth-order valence-electron chi connectivity index (χ4n) is 5.98. The molecule has 234 valence electrons. The van der Waals surface area contributed by atoms with E-state index in [9.17, 15) is 14.4 Å². The van der Waals surface area contributed by atoms with E-state index >= 15 is 0 Å². The molecule has 2 aromatic rings. The van der Waals surface area contributed by atoms with E-state index in [-0.39, 0.29) is 37.0 Å². The molecule has 43 heavy (non-hydrogen) atoms. The van der Waals surface area contributed by atoms with E-state index in [0.717, 1.165) is 18.4 Å². The Kier molecular flexibility index (Phi) is 11.3. The van der Waals surface area contributed by atoms with E-state index in [1.807, 2.05) is 39.0 Å². The molecule has 2 aliphatic heterocycles. The van der Waals surface area contributed by atoms with Crippen LogP contribution < -0.4 is 16.4 Å². The molecule has 0 aromatic heterocycles. The number of amides is 3. The van der Waals surface area contributed by atoms with Crippen LogP contribution in [0.4, 0.5) is 4.79 Å². The van der Waals surface area contributed by atoms with Crippen molar-refractivity contribution in [2.45, 2.75) is 89.2 Å². The molecule has 4 N–H and O–H groups in total. The minimum atomic E-state index is -0.715. The van der Waals surface area contributed by atoms with Gasteiger partial charge in [-0.15, -0.1) is 0 Å². The SMILES string of the molecule is CC(C)(C)OC(=O)N[C@@H]1C[C@H]2C(=O)N([C@H](CCN)C(=O)NCc3ccc(Cl)c(Cl)c3)CCC(CCc3ccccc3)N2C1. The molecule has 11 heteroatoms. The first-order valence-electron chi connectivity index (χ1n) is 15.0. The van der Waals surface area contributed by atoms with E-state index in [0.29, 0.717) is 42.4 Å². The number of alkyl carbamates (subject to hydrolysis) is 1. The maximum atomic E-state index is 14.2. The van der Waals surface area contributed by atoms with Crippen LogP contribution >= 0.6 is 23.2 Å². The lowest BCUT2D eigenvalue weighted by molar-refractivity contribution is -0.143.